The zero-order chi connectivity index (χ0) is 13.4. The summed E-state index contributed by atoms with van der Waals surface area (Å²) >= 11 is 0. The van der Waals surface area contributed by atoms with E-state index in [0.29, 0.717) is 12.0 Å². The first-order chi connectivity index (χ1) is 8.69. The number of hydrogen-bond donors (Lipinski definition) is 1. The summed E-state index contributed by atoms with van der Waals surface area (Å²) in [7, 11) is 0. The van der Waals surface area contributed by atoms with Crippen molar-refractivity contribution in [3.05, 3.63) is 29.8 Å². The van der Waals surface area contributed by atoms with Gasteiger partial charge in [-0.3, -0.25) is 0 Å². The lowest BCUT2D eigenvalue weighted by molar-refractivity contribution is 0.317. The van der Waals surface area contributed by atoms with Crippen molar-refractivity contribution in [1.82, 2.24) is 5.32 Å². The highest BCUT2D eigenvalue weighted by Gasteiger charge is 2.14. The predicted octanol–water partition coefficient (Wildman–Crippen LogP) is 4.17. The van der Waals surface area contributed by atoms with E-state index in [1.807, 2.05) is 0 Å². The van der Waals surface area contributed by atoms with Crippen LogP contribution in [0.4, 0.5) is 0 Å². The molecule has 0 saturated carbocycles. The van der Waals surface area contributed by atoms with Crippen molar-refractivity contribution in [2.24, 2.45) is 5.92 Å². The molecule has 1 atom stereocenters. The molecule has 0 aliphatic heterocycles. The quantitative estimate of drug-likeness (QED) is 0.746. The molecule has 1 aromatic rings. The molecule has 0 spiro atoms. The summed E-state index contributed by atoms with van der Waals surface area (Å²) in [5.74, 6) is 1.57. The van der Waals surface area contributed by atoms with Gasteiger partial charge in [0.1, 0.15) is 5.75 Å². The SMILES string of the molecule is CCCNC(c1ccc(OCCC)cc1)C(C)C. The Balaban J connectivity index is 2.67. The first kappa shape index (κ1) is 15.0. The fourth-order valence-corrected chi connectivity index (χ4v) is 2.03. The van der Waals surface area contributed by atoms with Crippen LogP contribution in [0.3, 0.4) is 0 Å². The van der Waals surface area contributed by atoms with Gasteiger partial charge in [-0.25, -0.2) is 0 Å². The third-order valence-corrected chi connectivity index (χ3v) is 2.99. The average molecular weight is 249 g/mol. The van der Waals surface area contributed by atoms with E-state index in [0.717, 1.165) is 25.3 Å². The van der Waals surface area contributed by atoms with Gasteiger partial charge in [-0.05, 0) is 43.0 Å². The van der Waals surface area contributed by atoms with Gasteiger partial charge in [0.2, 0.25) is 0 Å². The standard InChI is InChI=1S/C16H27NO/c1-5-11-17-16(13(3)4)14-7-9-15(10-8-14)18-12-6-2/h7-10,13,16-17H,5-6,11-12H2,1-4H3. The molecule has 0 radical (unpaired) electrons. The van der Waals surface area contributed by atoms with Gasteiger partial charge < -0.3 is 10.1 Å². The molecule has 18 heavy (non-hydrogen) atoms. The van der Waals surface area contributed by atoms with E-state index in [9.17, 15) is 0 Å². The van der Waals surface area contributed by atoms with Crippen LogP contribution >= 0.6 is 0 Å². The first-order valence-electron chi connectivity index (χ1n) is 7.15. The predicted molar refractivity (Wildman–Crippen MR) is 78.1 cm³/mol. The Kier molecular flexibility index (Phi) is 6.81. The van der Waals surface area contributed by atoms with Gasteiger partial charge in [-0.2, -0.15) is 0 Å². The Bertz CT molecular complexity index is 318. The highest BCUT2D eigenvalue weighted by atomic mass is 16.5. The highest BCUT2D eigenvalue weighted by molar-refractivity contribution is 5.29. The molecular weight excluding hydrogens is 222 g/mol. The molecule has 0 aliphatic carbocycles. The summed E-state index contributed by atoms with van der Waals surface area (Å²) in [5.41, 5.74) is 1.35. The maximum absolute atomic E-state index is 5.61. The molecule has 0 saturated heterocycles. The van der Waals surface area contributed by atoms with E-state index in [-0.39, 0.29) is 0 Å². The summed E-state index contributed by atoms with van der Waals surface area (Å²) in [6.07, 6.45) is 2.22. The van der Waals surface area contributed by atoms with E-state index in [1.165, 1.54) is 12.0 Å². The van der Waals surface area contributed by atoms with Gasteiger partial charge in [0.25, 0.3) is 0 Å². The lowest BCUT2D eigenvalue weighted by atomic mass is 9.96. The van der Waals surface area contributed by atoms with Crippen molar-refractivity contribution in [2.45, 2.75) is 46.6 Å². The van der Waals surface area contributed by atoms with Crippen LogP contribution in [-0.2, 0) is 0 Å². The number of ether oxygens (including phenoxy) is 1. The van der Waals surface area contributed by atoms with Crippen molar-refractivity contribution < 1.29 is 4.74 Å². The second kappa shape index (κ2) is 8.15. The van der Waals surface area contributed by atoms with Crippen molar-refractivity contribution in [3.8, 4) is 5.75 Å². The molecule has 1 aromatic carbocycles. The second-order valence-corrected chi connectivity index (χ2v) is 5.09. The summed E-state index contributed by atoms with van der Waals surface area (Å²) < 4.78 is 5.61. The summed E-state index contributed by atoms with van der Waals surface area (Å²) in [6, 6.07) is 8.95. The molecule has 0 aliphatic rings. The van der Waals surface area contributed by atoms with Crippen molar-refractivity contribution >= 4 is 0 Å². The van der Waals surface area contributed by atoms with E-state index in [2.05, 4.69) is 57.3 Å². The molecule has 1 unspecified atom stereocenters. The number of nitrogens with one attached hydrogen (secondary N) is 1. The minimum Gasteiger partial charge on any atom is -0.494 e. The second-order valence-electron chi connectivity index (χ2n) is 5.09. The Labute approximate surface area is 112 Å². The van der Waals surface area contributed by atoms with Crippen LogP contribution in [0.5, 0.6) is 5.75 Å². The Morgan fingerprint density at radius 2 is 1.72 bits per heavy atom. The number of rotatable bonds is 8. The van der Waals surface area contributed by atoms with Crippen LogP contribution in [0, 0.1) is 5.92 Å². The fourth-order valence-electron chi connectivity index (χ4n) is 2.03. The van der Waals surface area contributed by atoms with Gasteiger partial charge in [-0.15, -0.1) is 0 Å². The minimum absolute atomic E-state index is 0.435. The molecule has 0 bridgehead atoms. The average Bonchev–Trinajstić information content (AvgIpc) is 2.38. The monoisotopic (exact) mass is 249 g/mol. The maximum Gasteiger partial charge on any atom is 0.119 e. The molecule has 102 valence electrons. The van der Waals surface area contributed by atoms with E-state index < -0.39 is 0 Å². The van der Waals surface area contributed by atoms with E-state index in [4.69, 9.17) is 4.74 Å². The van der Waals surface area contributed by atoms with Crippen molar-refractivity contribution in [3.63, 3.8) is 0 Å². The normalized spacial score (nSPS) is 12.7. The molecule has 0 aromatic heterocycles. The molecule has 0 amide bonds. The molecule has 2 heteroatoms. The molecule has 0 heterocycles. The summed E-state index contributed by atoms with van der Waals surface area (Å²) in [5, 5.41) is 3.61. The molecule has 0 fully saturated rings. The van der Waals surface area contributed by atoms with Crippen LogP contribution in [0.15, 0.2) is 24.3 Å². The zero-order valence-corrected chi connectivity index (χ0v) is 12.2. The van der Waals surface area contributed by atoms with Crippen molar-refractivity contribution in [1.29, 1.82) is 0 Å². The third-order valence-electron chi connectivity index (χ3n) is 2.99. The third kappa shape index (κ3) is 4.69. The zero-order valence-electron chi connectivity index (χ0n) is 12.2. The van der Waals surface area contributed by atoms with Gasteiger partial charge in [0.15, 0.2) is 0 Å². The van der Waals surface area contributed by atoms with Crippen LogP contribution in [-0.4, -0.2) is 13.2 Å². The topological polar surface area (TPSA) is 21.3 Å². The Morgan fingerprint density at radius 3 is 2.22 bits per heavy atom. The van der Waals surface area contributed by atoms with Crippen LogP contribution in [0.1, 0.15) is 52.1 Å². The lowest BCUT2D eigenvalue weighted by Crippen LogP contribution is -2.26. The van der Waals surface area contributed by atoms with Gasteiger partial charge in [0, 0.05) is 6.04 Å². The first-order valence-corrected chi connectivity index (χ1v) is 7.15. The van der Waals surface area contributed by atoms with E-state index >= 15 is 0 Å². The van der Waals surface area contributed by atoms with E-state index in [1.54, 1.807) is 0 Å². The summed E-state index contributed by atoms with van der Waals surface area (Å²) in [6.45, 7) is 10.7. The minimum atomic E-state index is 0.435. The number of benzene rings is 1. The Hall–Kier alpha value is -1.02. The van der Waals surface area contributed by atoms with Gasteiger partial charge in [-0.1, -0.05) is 39.8 Å². The van der Waals surface area contributed by atoms with Crippen LogP contribution in [0.2, 0.25) is 0 Å². The van der Waals surface area contributed by atoms with Gasteiger partial charge >= 0.3 is 0 Å². The smallest absolute Gasteiger partial charge is 0.119 e. The molecule has 1 N–H and O–H groups in total. The molecule has 1 rings (SSSR count). The van der Waals surface area contributed by atoms with Gasteiger partial charge in [0.05, 0.1) is 6.61 Å². The highest BCUT2D eigenvalue weighted by Crippen LogP contribution is 2.23. The van der Waals surface area contributed by atoms with Crippen LogP contribution < -0.4 is 10.1 Å². The lowest BCUT2D eigenvalue weighted by Gasteiger charge is -2.23. The Morgan fingerprint density at radius 1 is 1.06 bits per heavy atom. The largest absolute Gasteiger partial charge is 0.494 e. The number of hydrogen-bond acceptors (Lipinski definition) is 2. The molecular formula is C16H27NO. The fraction of sp³-hybridized carbons (Fsp3) is 0.625. The van der Waals surface area contributed by atoms with Crippen molar-refractivity contribution in [2.75, 3.05) is 13.2 Å². The summed E-state index contributed by atoms with van der Waals surface area (Å²) in [4.78, 5) is 0. The van der Waals surface area contributed by atoms with Crippen LogP contribution in [0.25, 0.3) is 0 Å². The maximum atomic E-state index is 5.61. The molecule has 2 nitrogen and oxygen atoms in total.